The molecule has 1 heterocycles. The van der Waals surface area contributed by atoms with Crippen molar-refractivity contribution in [2.24, 2.45) is 0 Å². The third kappa shape index (κ3) is 3.14. The Morgan fingerprint density at radius 2 is 1.79 bits per heavy atom. The Bertz CT molecular complexity index is 1190. The van der Waals surface area contributed by atoms with Crippen LogP contribution in [0.2, 0.25) is 0 Å². The number of hydrogen-bond acceptors (Lipinski definition) is 2. The van der Waals surface area contributed by atoms with Gasteiger partial charge in [0.2, 0.25) is 0 Å². The highest BCUT2D eigenvalue weighted by Crippen LogP contribution is 2.30. The summed E-state index contributed by atoms with van der Waals surface area (Å²) in [5, 5.41) is 12.8. The van der Waals surface area contributed by atoms with Gasteiger partial charge in [0.1, 0.15) is 11.5 Å². The number of hydrogen-bond donors (Lipinski definition) is 1. The summed E-state index contributed by atoms with van der Waals surface area (Å²) in [5.74, 6) is -1.37. The first-order valence-electron chi connectivity index (χ1n) is 9.11. The van der Waals surface area contributed by atoms with E-state index in [0.717, 1.165) is 21.9 Å². The zero-order valence-electron chi connectivity index (χ0n) is 15.8. The predicted molar refractivity (Wildman–Crippen MR) is 109 cm³/mol. The Morgan fingerprint density at radius 3 is 2.54 bits per heavy atom. The van der Waals surface area contributed by atoms with Crippen LogP contribution in [0.5, 0.6) is 0 Å². The van der Waals surface area contributed by atoms with Crippen LogP contribution in [0, 0.1) is 5.82 Å². The van der Waals surface area contributed by atoms with Crippen LogP contribution in [-0.4, -0.2) is 34.6 Å². The first-order valence-corrected chi connectivity index (χ1v) is 9.11. The number of rotatable bonds is 5. The molecule has 0 saturated carbocycles. The van der Waals surface area contributed by atoms with E-state index in [1.165, 1.54) is 12.1 Å². The lowest BCUT2D eigenvalue weighted by molar-refractivity contribution is 0.0684. The summed E-state index contributed by atoms with van der Waals surface area (Å²) >= 11 is 0. The van der Waals surface area contributed by atoms with Gasteiger partial charge in [-0.2, -0.15) is 0 Å². The molecule has 3 aromatic carbocycles. The normalized spacial score (nSPS) is 11.6. The van der Waals surface area contributed by atoms with Crippen molar-refractivity contribution >= 4 is 27.6 Å². The summed E-state index contributed by atoms with van der Waals surface area (Å²) in [5.41, 5.74) is 2.59. The maximum atomic E-state index is 14.0. The van der Waals surface area contributed by atoms with E-state index in [9.17, 15) is 14.3 Å². The fourth-order valence-corrected chi connectivity index (χ4v) is 3.88. The number of nitrogens with zero attached hydrogens (tertiary/aromatic N) is 2. The van der Waals surface area contributed by atoms with Crippen molar-refractivity contribution in [2.75, 3.05) is 14.1 Å². The van der Waals surface area contributed by atoms with Gasteiger partial charge in [-0.25, -0.2) is 9.18 Å². The molecule has 0 aliphatic heterocycles. The molecule has 0 bridgehead atoms. The SMILES string of the molecule is CN(C)Cc1c(C(=O)O)n(Cc2cccc3ccccc23)c2ccc(F)cc12. The van der Waals surface area contributed by atoms with Crippen molar-refractivity contribution in [3.8, 4) is 0 Å². The molecule has 4 nitrogen and oxygen atoms in total. The lowest BCUT2D eigenvalue weighted by Gasteiger charge is -2.13. The summed E-state index contributed by atoms with van der Waals surface area (Å²) in [6.45, 7) is 0.822. The molecule has 0 saturated heterocycles. The van der Waals surface area contributed by atoms with Crippen LogP contribution in [0.4, 0.5) is 4.39 Å². The molecule has 1 aromatic heterocycles. The zero-order valence-corrected chi connectivity index (χ0v) is 15.8. The average molecular weight is 376 g/mol. The Morgan fingerprint density at radius 1 is 1.04 bits per heavy atom. The fourth-order valence-electron chi connectivity index (χ4n) is 3.88. The minimum absolute atomic E-state index is 0.210. The van der Waals surface area contributed by atoms with Crippen molar-refractivity contribution in [1.82, 2.24) is 9.47 Å². The van der Waals surface area contributed by atoms with E-state index in [1.807, 2.05) is 61.5 Å². The van der Waals surface area contributed by atoms with Crippen molar-refractivity contribution < 1.29 is 14.3 Å². The monoisotopic (exact) mass is 376 g/mol. The minimum Gasteiger partial charge on any atom is -0.477 e. The molecule has 0 aliphatic carbocycles. The van der Waals surface area contributed by atoms with Gasteiger partial charge in [-0.15, -0.1) is 0 Å². The maximum absolute atomic E-state index is 14.0. The quantitative estimate of drug-likeness (QED) is 0.547. The topological polar surface area (TPSA) is 45.5 Å². The lowest BCUT2D eigenvalue weighted by atomic mass is 10.0. The minimum atomic E-state index is -1.01. The first-order chi connectivity index (χ1) is 13.5. The van der Waals surface area contributed by atoms with Crippen molar-refractivity contribution in [1.29, 1.82) is 0 Å². The van der Waals surface area contributed by atoms with E-state index in [-0.39, 0.29) is 11.5 Å². The van der Waals surface area contributed by atoms with Crippen molar-refractivity contribution in [3.63, 3.8) is 0 Å². The third-order valence-electron chi connectivity index (χ3n) is 5.02. The number of fused-ring (bicyclic) bond motifs is 2. The zero-order chi connectivity index (χ0) is 19.8. The number of aromatic nitrogens is 1. The lowest BCUT2D eigenvalue weighted by Crippen LogP contribution is -2.16. The van der Waals surface area contributed by atoms with Crippen LogP contribution < -0.4 is 0 Å². The van der Waals surface area contributed by atoms with Gasteiger partial charge in [-0.05, 0) is 48.6 Å². The van der Waals surface area contributed by atoms with Gasteiger partial charge in [-0.3, -0.25) is 0 Å². The number of carbonyl (C=O) groups is 1. The molecule has 0 fully saturated rings. The molecule has 0 spiro atoms. The van der Waals surface area contributed by atoms with Crippen LogP contribution in [0.15, 0.2) is 60.7 Å². The van der Waals surface area contributed by atoms with Gasteiger partial charge in [0.05, 0.1) is 0 Å². The molecule has 5 heteroatoms. The Kier molecular flexibility index (Phi) is 4.61. The molecule has 4 rings (SSSR count). The van der Waals surface area contributed by atoms with E-state index in [4.69, 9.17) is 0 Å². The Hall–Kier alpha value is -3.18. The Labute approximate surface area is 162 Å². The van der Waals surface area contributed by atoms with Gasteiger partial charge in [0.15, 0.2) is 0 Å². The number of carboxylic acids is 1. The molecule has 0 amide bonds. The maximum Gasteiger partial charge on any atom is 0.352 e. The van der Waals surface area contributed by atoms with E-state index in [2.05, 4.69) is 0 Å². The van der Waals surface area contributed by atoms with E-state index < -0.39 is 5.97 Å². The predicted octanol–water partition coefficient (Wildman–Crippen LogP) is 4.74. The van der Waals surface area contributed by atoms with Crippen molar-refractivity contribution in [3.05, 3.63) is 83.3 Å². The summed E-state index contributed by atoms with van der Waals surface area (Å²) in [6.07, 6.45) is 0. The molecular formula is C23H21FN2O2. The second-order valence-corrected chi connectivity index (χ2v) is 7.26. The van der Waals surface area contributed by atoms with E-state index >= 15 is 0 Å². The smallest absolute Gasteiger partial charge is 0.352 e. The molecule has 4 aromatic rings. The third-order valence-corrected chi connectivity index (χ3v) is 5.02. The van der Waals surface area contributed by atoms with Gasteiger partial charge >= 0.3 is 5.97 Å². The first kappa shape index (κ1) is 18.2. The summed E-state index contributed by atoms with van der Waals surface area (Å²) in [7, 11) is 3.75. The Balaban J connectivity index is 1.97. The highest BCUT2D eigenvalue weighted by atomic mass is 19.1. The van der Waals surface area contributed by atoms with Crippen LogP contribution in [0.3, 0.4) is 0 Å². The molecule has 28 heavy (non-hydrogen) atoms. The highest BCUT2D eigenvalue weighted by molar-refractivity contribution is 5.98. The standard InChI is InChI=1S/C23H21FN2O2/c1-25(2)14-20-19-12-17(24)10-11-21(19)26(22(20)23(27)28)13-16-8-5-7-15-6-3-4-9-18(15)16/h3-12H,13-14H2,1-2H3,(H,27,28). The van der Waals surface area contributed by atoms with Gasteiger partial charge in [0.25, 0.3) is 0 Å². The molecule has 0 aliphatic rings. The molecule has 0 atom stereocenters. The second-order valence-electron chi connectivity index (χ2n) is 7.26. The van der Waals surface area contributed by atoms with E-state index in [0.29, 0.717) is 24.0 Å². The summed E-state index contributed by atoms with van der Waals surface area (Å²) < 4.78 is 15.8. The van der Waals surface area contributed by atoms with Gasteiger partial charge in [-0.1, -0.05) is 42.5 Å². The van der Waals surface area contributed by atoms with Crippen LogP contribution in [0.1, 0.15) is 21.6 Å². The molecule has 0 unspecified atom stereocenters. The number of halogens is 1. The van der Waals surface area contributed by atoms with Crippen LogP contribution >= 0.6 is 0 Å². The number of aromatic carboxylic acids is 1. The van der Waals surface area contributed by atoms with Crippen molar-refractivity contribution in [2.45, 2.75) is 13.1 Å². The summed E-state index contributed by atoms with van der Waals surface area (Å²) in [4.78, 5) is 14.1. The van der Waals surface area contributed by atoms with E-state index in [1.54, 1.807) is 10.6 Å². The fraction of sp³-hybridized carbons (Fsp3) is 0.174. The largest absolute Gasteiger partial charge is 0.477 e. The average Bonchev–Trinajstić information content (AvgIpc) is 2.94. The van der Waals surface area contributed by atoms with Crippen LogP contribution in [0.25, 0.3) is 21.7 Å². The second kappa shape index (κ2) is 7.09. The molecule has 0 radical (unpaired) electrons. The van der Waals surface area contributed by atoms with Gasteiger partial charge < -0.3 is 14.6 Å². The molecule has 142 valence electrons. The summed E-state index contributed by atoms with van der Waals surface area (Å²) in [6, 6.07) is 18.5. The number of carboxylic acid groups (broad SMARTS) is 1. The molecular weight excluding hydrogens is 355 g/mol. The molecule has 1 N–H and O–H groups in total. The van der Waals surface area contributed by atoms with Gasteiger partial charge in [0, 0.05) is 29.6 Å². The highest BCUT2D eigenvalue weighted by Gasteiger charge is 2.23. The number of benzene rings is 3. The van der Waals surface area contributed by atoms with Crippen LogP contribution in [-0.2, 0) is 13.1 Å².